The minimum atomic E-state index is -0.711. The molecule has 14 heavy (non-hydrogen) atoms. The molecule has 0 aromatic rings. The molecule has 0 aromatic carbocycles. The molecule has 3 heteroatoms. The Morgan fingerprint density at radius 1 is 1.21 bits per heavy atom. The molecule has 0 saturated carbocycles. The Morgan fingerprint density at radius 2 is 1.93 bits per heavy atom. The fraction of sp³-hybridized carbons (Fsp3) is 0.727. The summed E-state index contributed by atoms with van der Waals surface area (Å²) in [5.74, 6) is -0.711. The first-order valence-electron chi connectivity index (χ1n) is 5.18. The smallest absolute Gasteiger partial charge is 0.303 e. The van der Waals surface area contributed by atoms with E-state index >= 15 is 0 Å². The van der Waals surface area contributed by atoms with E-state index < -0.39 is 5.97 Å². The van der Waals surface area contributed by atoms with Gasteiger partial charge in [0.25, 0.3) is 0 Å². The molecule has 0 saturated heterocycles. The summed E-state index contributed by atoms with van der Waals surface area (Å²) in [6, 6.07) is 0. The topological polar surface area (TPSA) is 46.5 Å². The molecule has 0 atom stereocenters. The predicted molar refractivity (Wildman–Crippen MR) is 56.4 cm³/mol. The number of hydrogen-bond donors (Lipinski definition) is 1. The number of ether oxygens (including phenoxy) is 1. The van der Waals surface area contributed by atoms with Gasteiger partial charge in [-0.25, -0.2) is 0 Å². The van der Waals surface area contributed by atoms with Crippen LogP contribution in [0.5, 0.6) is 0 Å². The van der Waals surface area contributed by atoms with Crippen LogP contribution in [-0.4, -0.2) is 24.3 Å². The van der Waals surface area contributed by atoms with Crippen LogP contribution in [0.3, 0.4) is 0 Å². The molecule has 0 fully saturated rings. The van der Waals surface area contributed by atoms with Crippen molar-refractivity contribution in [1.29, 1.82) is 0 Å². The molecule has 0 amide bonds. The van der Waals surface area contributed by atoms with Crippen molar-refractivity contribution < 1.29 is 14.6 Å². The summed E-state index contributed by atoms with van der Waals surface area (Å²) in [6.07, 6.45) is 6.84. The average Bonchev–Trinajstić information content (AvgIpc) is 2.15. The molecule has 0 aliphatic rings. The van der Waals surface area contributed by atoms with Crippen molar-refractivity contribution in [1.82, 2.24) is 0 Å². The third kappa shape index (κ3) is 11.2. The second-order valence-corrected chi connectivity index (χ2v) is 3.25. The lowest BCUT2D eigenvalue weighted by Gasteiger charge is -2.02. The number of carbonyl (C=O) groups is 1. The summed E-state index contributed by atoms with van der Waals surface area (Å²) in [5, 5.41) is 8.37. The van der Waals surface area contributed by atoms with E-state index in [1.165, 1.54) is 0 Å². The molecular weight excluding hydrogens is 180 g/mol. The third-order valence-corrected chi connectivity index (χ3v) is 1.88. The van der Waals surface area contributed by atoms with Crippen LogP contribution in [-0.2, 0) is 9.53 Å². The Kier molecular flexibility index (Phi) is 9.64. The fourth-order valence-corrected chi connectivity index (χ4v) is 1.09. The highest BCUT2D eigenvalue weighted by molar-refractivity contribution is 5.66. The molecule has 0 spiro atoms. The van der Waals surface area contributed by atoms with E-state index in [0.29, 0.717) is 0 Å². The van der Waals surface area contributed by atoms with Crippen molar-refractivity contribution in [2.24, 2.45) is 0 Å². The van der Waals surface area contributed by atoms with Gasteiger partial charge in [0.15, 0.2) is 0 Å². The normalized spacial score (nSPS) is 10.0. The molecule has 0 aliphatic heterocycles. The number of carboxylic acid groups (broad SMARTS) is 1. The van der Waals surface area contributed by atoms with Crippen LogP contribution >= 0.6 is 0 Å². The highest BCUT2D eigenvalue weighted by Gasteiger charge is 1.95. The zero-order valence-corrected chi connectivity index (χ0v) is 8.71. The highest BCUT2D eigenvalue weighted by atomic mass is 16.5. The van der Waals surface area contributed by atoms with E-state index in [2.05, 4.69) is 6.58 Å². The zero-order valence-electron chi connectivity index (χ0n) is 8.71. The van der Waals surface area contributed by atoms with Crippen molar-refractivity contribution in [2.45, 2.75) is 38.5 Å². The van der Waals surface area contributed by atoms with Crippen LogP contribution < -0.4 is 0 Å². The van der Waals surface area contributed by atoms with Crippen molar-refractivity contribution in [2.75, 3.05) is 13.2 Å². The summed E-state index contributed by atoms with van der Waals surface area (Å²) < 4.78 is 5.35. The Bertz CT molecular complexity index is 155. The second kappa shape index (κ2) is 10.3. The summed E-state index contributed by atoms with van der Waals surface area (Å²) in [7, 11) is 0. The molecule has 1 N–H and O–H groups in total. The van der Waals surface area contributed by atoms with Crippen LogP contribution in [0.4, 0.5) is 0 Å². The Morgan fingerprint density at radius 3 is 2.57 bits per heavy atom. The first kappa shape index (κ1) is 13.2. The summed E-state index contributed by atoms with van der Waals surface area (Å²) >= 11 is 0. The summed E-state index contributed by atoms with van der Waals surface area (Å²) in [4.78, 5) is 10.2. The largest absolute Gasteiger partial charge is 0.481 e. The maximum Gasteiger partial charge on any atom is 0.303 e. The minimum absolute atomic E-state index is 0.274. The van der Waals surface area contributed by atoms with E-state index in [9.17, 15) is 4.79 Å². The van der Waals surface area contributed by atoms with Gasteiger partial charge < -0.3 is 9.84 Å². The van der Waals surface area contributed by atoms with Gasteiger partial charge >= 0.3 is 5.97 Å². The Balaban J connectivity index is 2.92. The van der Waals surface area contributed by atoms with Gasteiger partial charge in [-0.15, -0.1) is 6.58 Å². The Labute approximate surface area is 85.8 Å². The third-order valence-electron chi connectivity index (χ3n) is 1.88. The maximum atomic E-state index is 10.2. The number of rotatable bonds is 10. The predicted octanol–water partition coefficient (Wildman–Crippen LogP) is 2.61. The van der Waals surface area contributed by atoms with Crippen LogP contribution in [0, 0.1) is 0 Å². The number of allylic oxidation sites excluding steroid dienone is 1. The lowest BCUT2D eigenvalue weighted by molar-refractivity contribution is -0.137. The molecule has 82 valence electrons. The Hall–Kier alpha value is -0.830. The van der Waals surface area contributed by atoms with Gasteiger partial charge in [-0.05, 0) is 25.7 Å². The van der Waals surface area contributed by atoms with Crippen LogP contribution in [0.2, 0.25) is 0 Å². The van der Waals surface area contributed by atoms with Gasteiger partial charge in [0.1, 0.15) is 0 Å². The highest BCUT2D eigenvalue weighted by Crippen LogP contribution is 2.00. The molecule has 0 rings (SSSR count). The number of aliphatic carboxylic acids is 1. The van der Waals surface area contributed by atoms with Gasteiger partial charge in [0, 0.05) is 19.6 Å². The first-order chi connectivity index (χ1) is 6.77. The molecule has 0 unspecified atom stereocenters. The fourth-order valence-electron chi connectivity index (χ4n) is 1.09. The van der Waals surface area contributed by atoms with Crippen molar-refractivity contribution in [3.63, 3.8) is 0 Å². The van der Waals surface area contributed by atoms with E-state index in [4.69, 9.17) is 9.84 Å². The van der Waals surface area contributed by atoms with Gasteiger partial charge in [0.2, 0.25) is 0 Å². The molecule has 0 aliphatic carbocycles. The molecule has 0 radical (unpaired) electrons. The lowest BCUT2D eigenvalue weighted by Crippen LogP contribution is -1.98. The number of unbranched alkanes of at least 4 members (excludes halogenated alkanes) is 3. The SMILES string of the molecule is C=CCCCOCCCCCC(=O)O. The van der Waals surface area contributed by atoms with E-state index in [1.807, 2.05) is 6.08 Å². The molecule has 0 bridgehead atoms. The first-order valence-corrected chi connectivity index (χ1v) is 5.18. The van der Waals surface area contributed by atoms with Gasteiger partial charge in [-0.3, -0.25) is 4.79 Å². The van der Waals surface area contributed by atoms with Crippen molar-refractivity contribution in [3.8, 4) is 0 Å². The van der Waals surface area contributed by atoms with E-state index in [1.54, 1.807) is 0 Å². The van der Waals surface area contributed by atoms with Gasteiger partial charge in [-0.1, -0.05) is 12.5 Å². The van der Waals surface area contributed by atoms with Gasteiger partial charge in [0.05, 0.1) is 0 Å². The zero-order chi connectivity index (χ0) is 10.6. The molecule has 3 nitrogen and oxygen atoms in total. The average molecular weight is 200 g/mol. The number of hydrogen-bond acceptors (Lipinski definition) is 2. The van der Waals surface area contributed by atoms with Crippen LogP contribution in [0.1, 0.15) is 38.5 Å². The molecule has 0 aromatic heterocycles. The summed E-state index contributed by atoms with van der Waals surface area (Å²) in [6.45, 7) is 5.15. The minimum Gasteiger partial charge on any atom is -0.481 e. The van der Waals surface area contributed by atoms with E-state index in [0.717, 1.165) is 45.3 Å². The van der Waals surface area contributed by atoms with Crippen LogP contribution in [0.25, 0.3) is 0 Å². The lowest BCUT2D eigenvalue weighted by atomic mass is 10.2. The van der Waals surface area contributed by atoms with Crippen molar-refractivity contribution in [3.05, 3.63) is 12.7 Å². The summed E-state index contributed by atoms with van der Waals surface area (Å²) in [5.41, 5.74) is 0. The monoisotopic (exact) mass is 200 g/mol. The standard InChI is InChI=1S/C11H20O3/c1-2-3-6-9-14-10-7-4-5-8-11(12)13/h2H,1,3-10H2,(H,12,13). The quantitative estimate of drug-likeness (QED) is 0.435. The molecular formula is C11H20O3. The maximum absolute atomic E-state index is 10.2. The van der Waals surface area contributed by atoms with E-state index in [-0.39, 0.29) is 6.42 Å². The second-order valence-electron chi connectivity index (χ2n) is 3.25. The molecule has 0 heterocycles. The number of carboxylic acids is 1. The van der Waals surface area contributed by atoms with Gasteiger partial charge in [-0.2, -0.15) is 0 Å². The van der Waals surface area contributed by atoms with Crippen molar-refractivity contribution >= 4 is 5.97 Å². The van der Waals surface area contributed by atoms with Crippen LogP contribution in [0.15, 0.2) is 12.7 Å².